The molecule has 7 nitrogen and oxygen atoms in total. The number of hydrogen-bond acceptors (Lipinski definition) is 5. The first-order valence-electron chi connectivity index (χ1n) is 4.91. The molecule has 0 unspecified atom stereocenters. The Bertz CT molecular complexity index is 474. The largest absolute Gasteiger partial charge is 0.480 e. The van der Waals surface area contributed by atoms with Gasteiger partial charge in [0.2, 0.25) is 10.0 Å². The highest BCUT2D eigenvalue weighted by molar-refractivity contribution is 8.06. The zero-order valence-corrected chi connectivity index (χ0v) is 11.6. The van der Waals surface area contributed by atoms with Crippen molar-refractivity contribution in [3.63, 3.8) is 0 Å². The number of sulfonamides is 1. The fraction of sp³-hybridized carbons (Fsp3) is 0.875. The minimum absolute atomic E-state index is 0.0296. The van der Waals surface area contributed by atoms with E-state index in [-0.39, 0.29) is 12.8 Å². The normalized spacial score (nSPS) is 13.6. The number of nitrogens with one attached hydrogen (secondary N) is 1. The summed E-state index contributed by atoms with van der Waals surface area (Å²) in [5.41, 5.74) is -1.65. The van der Waals surface area contributed by atoms with E-state index in [0.717, 1.165) is 6.26 Å². The molecule has 0 heterocycles. The molecule has 0 saturated carbocycles. The van der Waals surface area contributed by atoms with E-state index in [1.165, 1.54) is 13.8 Å². The van der Waals surface area contributed by atoms with E-state index in [0.29, 0.717) is 0 Å². The maximum Gasteiger partial charge on any atom is 0.324 e. The van der Waals surface area contributed by atoms with Gasteiger partial charge in [0.05, 0.1) is 0 Å². The van der Waals surface area contributed by atoms with Gasteiger partial charge in [-0.2, -0.15) is 4.72 Å². The summed E-state index contributed by atoms with van der Waals surface area (Å²) in [4.78, 5) is 11.1. The van der Waals surface area contributed by atoms with Crippen molar-refractivity contribution >= 4 is 25.8 Å². The third kappa shape index (κ3) is 5.00. The zero-order valence-electron chi connectivity index (χ0n) is 9.93. The molecule has 0 aromatic heterocycles. The monoisotopic (exact) mass is 287 g/mol. The molecule has 0 aromatic rings. The van der Waals surface area contributed by atoms with Gasteiger partial charge in [-0.1, -0.05) is 13.8 Å². The minimum atomic E-state index is -4.18. The van der Waals surface area contributed by atoms with Crippen LogP contribution < -0.4 is 4.72 Å². The van der Waals surface area contributed by atoms with Crippen molar-refractivity contribution in [1.82, 2.24) is 4.72 Å². The van der Waals surface area contributed by atoms with E-state index >= 15 is 0 Å². The summed E-state index contributed by atoms with van der Waals surface area (Å²) in [7, 11) is -7.92. The Morgan fingerprint density at radius 3 is 1.82 bits per heavy atom. The van der Waals surface area contributed by atoms with Gasteiger partial charge in [0.1, 0.15) is 5.54 Å². The van der Waals surface area contributed by atoms with Gasteiger partial charge in [-0.3, -0.25) is 4.79 Å². The molecule has 0 spiro atoms. The SMILES string of the molecule is CCC(CC)(NS(=O)(=O)CS(C)(=O)=O)C(=O)O. The standard InChI is InChI=1S/C8H17NO6S2/c1-4-8(5-2,7(10)11)9-17(14,15)6-16(3,12)13/h9H,4-6H2,1-3H3,(H,10,11). The summed E-state index contributed by atoms with van der Waals surface area (Å²) in [6.07, 6.45) is 0.830. The molecule has 0 rings (SSSR count). The molecule has 0 aliphatic carbocycles. The van der Waals surface area contributed by atoms with Gasteiger partial charge in [-0.15, -0.1) is 0 Å². The second kappa shape index (κ2) is 5.32. The molecule has 0 aliphatic heterocycles. The quantitative estimate of drug-likeness (QED) is 0.655. The highest BCUT2D eigenvalue weighted by atomic mass is 32.3. The van der Waals surface area contributed by atoms with Gasteiger partial charge in [-0.05, 0) is 12.8 Å². The number of sulfone groups is 1. The van der Waals surface area contributed by atoms with E-state index in [2.05, 4.69) is 0 Å². The molecular formula is C8H17NO6S2. The van der Waals surface area contributed by atoms with Crippen LogP contribution in [-0.4, -0.2) is 44.8 Å². The van der Waals surface area contributed by atoms with Gasteiger partial charge in [-0.25, -0.2) is 16.8 Å². The molecule has 0 bridgehead atoms. The van der Waals surface area contributed by atoms with Crippen LogP contribution in [0.2, 0.25) is 0 Å². The molecule has 0 atom stereocenters. The first-order valence-corrected chi connectivity index (χ1v) is 8.62. The summed E-state index contributed by atoms with van der Waals surface area (Å²) in [5.74, 6) is -1.32. The Kier molecular flexibility index (Phi) is 5.11. The third-order valence-corrected chi connectivity index (χ3v) is 5.99. The molecule has 0 aliphatic rings. The molecule has 102 valence electrons. The Labute approximate surface area is 101 Å². The highest BCUT2D eigenvalue weighted by Gasteiger charge is 2.39. The number of rotatable bonds is 7. The van der Waals surface area contributed by atoms with Crippen molar-refractivity contribution in [3.8, 4) is 0 Å². The highest BCUT2D eigenvalue weighted by Crippen LogP contribution is 2.17. The van der Waals surface area contributed by atoms with Gasteiger partial charge in [0.15, 0.2) is 14.9 Å². The van der Waals surface area contributed by atoms with Crippen LogP contribution in [0.4, 0.5) is 0 Å². The Morgan fingerprint density at radius 2 is 1.59 bits per heavy atom. The van der Waals surface area contributed by atoms with Crippen LogP contribution in [0.5, 0.6) is 0 Å². The van der Waals surface area contributed by atoms with Crippen molar-refractivity contribution in [3.05, 3.63) is 0 Å². The Morgan fingerprint density at radius 1 is 1.18 bits per heavy atom. The number of hydrogen-bond donors (Lipinski definition) is 2. The summed E-state index contributed by atoms with van der Waals surface area (Å²) in [6.45, 7) is 3.03. The van der Waals surface area contributed by atoms with Crippen LogP contribution in [0.25, 0.3) is 0 Å². The molecule has 0 radical (unpaired) electrons. The van der Waals surface area contributed by atoms with Crippen molar-refractivity contribution in [2.45, 2.75) is 32.2 Å². The summed E-state index contributed by atoms with van der Waals surface area (Å²) >= 11 is 0. The number of aliphatic carboxylic acids is 1. The lowest BCUT2D eigenvalue weighted by atomic mass is 9.95. The van der Waals surface area contributed by atoms with Gasteiger partial charge < -0.3 is 5.11 Å². The van der Waals surface area contributed by atoms with Crippen LogP contribution >= 0.6 is 0 Å². The number of carbonyl (C=O) groups is 1. The molecule has 0 fully saturated rings. The molecule has 17 heavy (non-hydrogen) atoms. The first-order chi connectivity index (χ1) is 7.48. The topological polar surface area (TPSA) is 118 Å². The van der Waals surface area contributed by atoms with Crippen molar-refractivity contribution in [2.75, 3.05) is 11.3 Å². The van der Waals surface area contributed by atoms with Crippen molar-refractivity contribution < 1.29 is 26.7 Å². The predicted octanol–water partition coefficient (Wildman–Crippen LogP) is -0.449. The molecule has 9 heteroatoms. The van der Waals surface area contributed by atoms with Crippen LogP contribution in [0.1, 0.15) is 26.7 Å². The summed E-state index contributed by atoms with van der Waals surface area (Å²) in [5, 5.41) is 7.89. The fourth-order valence-electron chi connectivity index (χ4n) is 1.35. The van der Waals surface area contributed by atoms with Gasteiger partial charge >= 0.3 is 5.97 Å². The minimum Gasteiger partial charge on any atom is -0.480 e. The average Bonchev–Trinajstić information content (AvgIpc) is 2.09. The van der Waals surface area contributed by atoms with E-state index in [1.807, 2.05) is 4.72 Å². The number of carboxylic acid groups (broad SMARTS) is 1. The van der Waals surface area contributed by atoms with E-state index < -0.39 is 36.5 Å². The molecule has 0 saturated heterocycles. The van der Waals surface area contributed by atoms with E-state index in [4.69, 9.17) is 5.11 Å². The third-order valence-electron chi connectivity index (χ3n) is 2.34. The zero-order chi connectivity index (χ0) is 13.9. The number of carboxylic acids is 1. The fourth-order valence-corrected chi connectivity index (χ4v) is 4.81. The summed E-state index contributed by atoms with van der Waals surface area (Å²) < 4.78 is 46.8. The molecule has 0 amide bonds. The second-order valence-corrected chi connectivity index (χ2v) is 8.08. The van der Waals surface area contributed by atoms with Crippen molar-refractivity contribution in [2.24, 2.45) is 0 Å². The summed E-state index contributed by atoms with van der Waals surface area (Å²) in [6, 6.07) is 0. The lowest BCUT2D eigenvalue weighted by Gasteiger charge is -2.27. The molecular weight excluding hydrogens is 270 g/mol. The lowest BCUT2D eigenvalue weighted by molar-refractivity contribution is -0.144. The van der Waals surface area contributed by atoms with Crippen LogP contribution in [0.15, 0.2) is 0 Å². The Balaban J connectivity index is 5.22. The van der Waals surface area contributed by atoms with Crippen LogP contribution in [-0.2, 0) is 24.7 Å². The van der Waals surface area contributed by atoms with Gasteiger partial charge in [0, 0.05) is 6.26 Å². The van der Waals surface area contributed by atoms with Crippen LogP contribution in [0, 0.1) is 0 Å². The lowest BCUT2D eigenvalue weighted by Crippen LogP contribution is -2.54. The van der Waals surface area contributed by atoms with E-state index in [9.17, 15) is 21.6 Å². The maximum atomic E-state index is 11.5. The molecule has 2 N–H and O–H groups in total. The molecule has 0 aromatic carbocycles. The second-order valence-electron chi connectivity index (χ2n) is 3.85. The van der Waals surface area contributed by atoms with Gasteiger partial charge in [0.25, 0.3) is 0 Å². The first kappa shape index (κ1) is 16.3. The van der Waals surface area contributed by atoms with Crippen molar-refractivity contribution in [1.29, 1.82) is 0 Å². The maximum absolute atomic E-state index is 11.5. The smallest absolute Gasteiger partial charge is 0.324 e. The van der Waals surface area contributed by atoms with Crippen LogP contribution in [0.3, 0.4) is 0 Å². The van der Waals surface area contributed by atoms with E-state index in [1.54, 1.807) is 0 Å². The average molecular weight is 287 g/mol. The predicted molar refractivity (Wildman–Crippen MR) is 62.7 cm³/mol. The Hall–Kier alpha value is -0.670.